The molecule has 3 nitrogen and oxygen atoms in total. The summed E-state index contributed by atoms with van der Waals surface area (Å²) in [5.41, 5.74) is 11.9. The zero-order valence-corrected chi connectivity index (χ0v) is 16.1. The highest BCUT2D eigenvalue weighted by Crippen LogP contribution is 2.38. The molecule has 1 aliphatic carbocycles. The van der Waals surface area contributed by atoms with Gasteiger partial charge in [0.25, 0.3) is 0 Å². The van der Waals surface area contributed by atoms with Crippen molar-refractivity contribution in [3.05, 3.63) is 76.9 Å². The number of nitrogens with zero attached hydrogens (tertiary/aromatic N) is 1. The molecule has 0 aliphatic heterocycles. The van der Waals surface area contributed by atoms with Crippen molar-refractivity contribution in [2.45, 2.75) is 32.7 Å². The van der Waals surface area contributed by atoms with Gasteiger partial charge in [-0.1, -0.05) is 81.5 Å². The molecule has 1 aliphatic rings. The van der Waals surface area contributed by atoms with Gasteiger partial charge in [0, 0.05) is 5.56 Å². The van der Waals surface area contributed by atoms with E-state index in [1.807, 2.05) is 4.90 Å². The first-order chi connectivity index (χ1) is 12.8. The second kappa shape index (κ2) is 6.27. The number of benzene rings is 3. The van der Waals surface area contributed by atoms with Crippen molar-refractivity contribution in [3.63, 3.8) is 0 Å². The Balaban J connectivity index is 1.72. The fourth-order valence-electron chi connectivity index (χ4n) is 3.73. The van der Waals surface area contributed by atoms with E-state index in [0.717, 1.165) is 16.8 Å². The van der Waals surface area contributed by atoms with Gasteiger partial charge >= 0.3 is 0 Å². The number of nitrogens with two attached hydrogens (primary N) is 1. The maximum atomic E-state index is 8.16. The van der Waals surface area contributed by atoms with Gasteiger partial charge in [-0.25, -0.2) is 0 Å². The zero-order valence-electron chi connectivity index (χ0n) is 16.1. The average molecular weight is 355 g/mol. The largest absolute Gasteiger partial charge is 0.370 e. The van der Waals surface area contributed by atoms with Crippen LogP contribution < -0.4 is 10.6 Å². The molecule has 3 aromatic carbocycles. The van der Waals surface area contributed by atoms with Gasteiger partial charge in [0.05, 0.1) is 12.2 Å². The Hall–Kier alpha value is -3.07. The summed E-state index contributed by atoms with van der Waals surface area (Å²) in [6.45, 7) is 7.22. The van der Waals surface area contributed by atoms with Crippen LogP contribution in [-0.4, -0.2) is 5.96 Å². The maximum absolute atomic E-state index is 8.16. The minimum atomic E-state index is 0.0586. The van der Waals surface area contributed by atoms with E-state index in [9.17, 15) is 0 Å². The lowest BCUT2D eigenvalue weighted by atomic mass is 9.87. The Morgan fingerprint density at radius 3 is 2.37 bits per heavy atom. The topological polar surface area (TPSA) is 53.1 Å². The van der Waals surface area contributed by atoms with Gasteiger partial charge < -0.3 is 10.6 Å². The SMILES string of the molecule is CC(C)(C)c1ccc(CN(C(=N)N)c2ccc3cccc4c3c2C=C4)cc1. The smallest absolute Gasteiger partial charge is 0.193 e. The summed E-state index contributed by atoms with van der Waals surface area (Å²) in [6, 6.07) is 19.1. The van der Waals surface area contributed by atoms with Gasteiger partial charge in [-0.15, -0.1) is 0 Å². The minimum Gasteiger partial charge on any atom is -0.370 e. The Morgan fingerprint density at radius 1 is 0.963 bits per heavy atom. The van der Waals surface area contributed by atoms with Crippen LogP contribution in [0, 0.1) is 5.41 Å². The van der Waals surface area contributed by atoms with Crippen LogP contribution in [0.15, 0.2) is 54.6 Å². The van der Waals surface area contributed by atoms with E-state index in [4.69, 9.17) is 11.1 Å². The van der Waals surface area contributed by atoms with Gasteiger partial charge in [0.2, 0.25) is 0 Å². The first kappa shape index (κ1) is 17.3. The summed E-state index contributed by atoms with van der Waals surface area (Å²) < 4.78 is 0. The van der Waals surface area contributed by atoms with Crippen molar-refractivity contribution in [2.24, 2.45) is 5.73 Å². The maximum Gasteiger partial charge on any atom is 0.193 e. The molecule has 27 heavy (non-hydrogen) atoms. The van der Waals surface area contributed by atoms with Crippen molar-refractivity contribution < 1.29 is 0 Å². The molecule has 0 unspecified atom stereocenters. The predicted molar refractivity (Wildman–Crippen MR) is 116 cm³/mol. The molecule has 0 heterocycles. The van der Waals surface area contributed by atoms with E-state index < -0.39 is 0 Å². The van der Waals surface area contributed by atoms with Crippen LogP contribution in [0.25, 0.3) is 22.9 Å². The molecule has 0 fully saturated rings. The molecule has 3 heteroatoms. The van der Waals surface area contributed by atoms with E-state index in [0.29, 0.717) is 6.54 Å². The second-order valence-electron chi connectivity index (χ2n) is 8.20. The fraction of sp³-hybridized carbons (Fsp3) is 0.208. The number of hydrogen-bond acceptors (Lipinski definition) is 1. The molecule has 0 saturated carbocycles. The van der Waals surface area contributed by atoms with Gasteiger partial charge in [-0.3, -0.25) is 5.41 Å². The lowest BCUT2D eigenvalue weighted by Gasteiger charge is -2.26. The summed E-state index contributed by atoms with van der Waals surface area (Å²) in [7, 11) is 0. The highest BCUT2D eigenvalue weighted by atomic mass is 15.2. The van der Waals surface area contributed by atoms with Crippen LogP contribution in [0.1, 0.15) is 43.0 Å². The van der Waals surface area contributed by atoms with Crippen LogP contribution in [0.2, 0.25) is 0 Å². The zero-order chi connectivity index (χ0) is 19.2. The van der Waals surface area contributed by atoms with Gasteiger partial charge in [-0.05, 0) is 38.9 Å². The van der Waals surface area contributed by atoms with Crippen molar-refractivity contribution in [2.75, 3.05) is 4.90 Å². The minimum absolute atomic E-state index is 0.0586. The van der Waals surface area contributed by atoms with E-state index in [-0.39, 0.29) is 11.4 Å². The summed E-state index contributed by atoms with van der Waals surface area (Å²) in [4.78, 5) is 1.88. The van der Waals surface area contributed by atoms with Crippen molar-refractivity contribution in [1.29, 1.82) is 5.41 Å². The average Bonchev–Trinajstić information content (AvgIpc) is 3.06. The van der Waals surface area contributed by atoms with E-state index in [2.05, 4.69) is 87.5 Å². The third-order valence-electron chi connectivity index (χ3n) is 5.27. The van der Waals surface area contributed by atoms with Crippen LogP contribution >= 0.6 is 0 Å². The Kier molecular flexibility index (Phi) is 4.03. The first-order valence-electron chi connectivity index (χ1n) is 9.29. The van der Waals surface area contributed by atoms with E-state index >= 15 is 0 Å². The van der Waals surface area contributed by atoms with Gasteiger partial charge in [0.1, 0.15) is 0 Å². The molecule has 0 amide bonds. The Morgan fingerprint density at radius 2 is 1.70 bits per heavy atom. The number of rotatable bonds is 3. The molecule has 0 spiro atoms. The van der Waals surface area contributed by atoms with Gasteiger partial charge in [0.15, 0.2) is 5.96 Å². The predicted octanol–water partition coefficient (Wildman–Crippen LogP) is 5.52. The van der Waals surface area contributed by atoms with Crippen LogP contribution in [0.5, 0.6) is 0 Å². The number of guanidine groups is 1. The molecule has 3 N–H and O–H groups in total. The van der Waals surface area contributed by atoms with E-state index in [1.165, 1.54) is 21.9 Å². The lowest BCUT2D eigenvalue weighted by Crippen LogP contribution is -2.36. The van der Waals surface area contributed by atoms with Crippen molar-refractivity contribution >= 4 is 34.6 Å². The number of anilines is 1. The molecule has 136 valence electrons. The molecule has 4 rings (SSSR count). The fourth-order valence-corrected chi connectivity index (χ4v) is 3.73. The lowest BCUT2D eigenvalue weighted by molar-refractivity contribution is 0.590. The summed E-state index contributed by atoms with van der Waals surface area (Å²) in [6.07, 6.45) is 4.27. The number of nitrogens with one attached hydrogen (secondary N) is 1. The molecule has 0 radical (unpaired) electrons. The molecular formula is C24H25N3. The monoisotopic (exact) mass is 355 g/mol. The van der Waals surface area contributed by atoms with Crippen LogP contribution in [-0.2, 0) is 12.0 Å². The Bertz CT molecular complexity index is 1050. The Labute approximate surface area is 160 Å². The molecule has 3 aromatic rings. The number of hydrogen-bond donors (Lipinski definition) is 2. The van der Waals surface area contributed by atoms with Crippen molar-refractivity contribution in [1.82, 2.24) is 0 Å². The first-order valence-corrected chi connectivity index (χ1v) is 9.29. The van der Waals surface area contributed by atoms with Crippen LogP contribution in [0.4, 0.5) is 5.69 Å². The third-order valence-corrected chi connectivity index (χ3v) is 5.27. The molecule has 0 saturated heterocycles. The molecule has 0 bridgehead atoms. The quantitative estimate of drug-likeness (QED) is 0.375. The highest BCUT2D eigenvalue weighted by Gasteiger charge is 2.20. The third kappa shape index (κ3) is 3.10. The van der Waals surface area contributed by atoms with E-state index in [1.54, 1.807) is 0 Å². The molecular weight excluding hydrogens is 330 g/mol. The molecule has 0 aromatic heterocycles. The summed E-state index contributed by atoms with van der Waals surface area (Å²) in [5.74, 6) is 0.0586. The van der Waals surface area contributed by atoms with Crippen molar-refractivity contribution in [3.8, 4) is 0 Å². The van der Waals surface area contributed by atoms with Gasteiger partial charge in [-0.2, -0.15) is 0 Å². The normalized spacial score (nSPS) is 12.6. The molecule has 0 atom stereocenters. The second-order valence-corrected chi connectivity index (χ2v) is 8.20. The summed E-state index contributed by atoms with van der Waals surface area (Å²) in [5, 5.41) is 10.6. The summed E-state index contributed by atoms with van der Waals surface area (Å²) >= 11 is 0. The standard InChI is InChI=1S/C24H25N3/c1-24(2,3)19-11-7-16(8-12-19)15-27(23(25)26)21-14-10-18-6-4-5-17-9-13-20(21)22(17)18/h4-14H,15H2,1-3H3,(H3,25,26). The highest BCUT2D eigenvalue weighted by molar-refractivity contribution is 6.10. The van der Waals surface area contributed by atoms with Crippen LogP contribution in [0.3, 0.4) is 0 Å².